The Labute approximate surface area is 94.0 Å². The highest BCUT2D eigenvalue weighted by Gasteiger charge is 2.08. The maximum Gasteiger partial charge on any atom is -0.0159 e. The lowest BCUT2D eigenvalue weighted by Gasteiger charge is -2.15. The maximum atomic E-state index is 2.27. The second-order valence-electron chi connectivity index (χ2n) is 4.04. The number of benzene rings is 1. The van der Waals surface area contributed by atoms with Gasteiger partial charge in [0.2, 0.25) is 0 Å². The van der Waals surface area contributed by atoms with E-state index in [0.717, 1.165) is 5.92 Å². The molecule has 0 saturated heterocycles. The molecule has 0 nitrogen and oxygen atoms in total. The fourth-order valence-corrected chi connectivity index (χ4v) is 2.02. The molecule has 1 aromatic carbocycles. The molecule has 0 saturated carbocycles. The molecule has 0 fully saturated rings. The van der Waals surface area contributed by atoms with Crippen molar-refractivity contribution in [1.29, 1.82) is 0 Å². The van der Waals surface area contributed by atoms with E-state index in [4.69, 9.17) is 0 Å². The first kappa shape index (κ1) is 12.0. The van der Waals surface area contributed by atoms with E-state index >= 15 is 0 Å². The molecular formula is C15H22. The lowest BCUT2D eigenvalue weighted by atomic mass is 9.90. The minimum absolute atomic E-state index is 0.743. The highest BCUT2D eigenvalue weighted by Crippen LogP contribution is 2.26. The molecule has 1 rings (SSSR count). The van der Waals surface area contributed by atoms with Gasteiger partial charge in [0.05, 0.1) is 0 Å². The first-order valence-electron chi connectivity index (χ1n) is 6.04. The number of hydrogen-bond acceptors (Lipinski definition) is 0. The summed E-state index contributed by atoms with van der Waals surface area (Å²) in [6, 6.07) is 10.9. The van der Waals surface area contributed by atoms with Crippen LogP contribution in [0.15, 0.2) is 42.5 Å². The van der Waals surface area contributed by atoms with Crippen LogP contribution in [0.4, 0.5) is 0 Å². The molecule has 0 radical (unpaired) electrons. The lowest BCUT2D eigenvalue weighted by Crippen LogP contribution is -1.97. The average Bonchev–Trinajstić information content (AvgIpc) is 2.29. The van der Waals surface area contributed by atoms with Crippen LogP contribution in [0.5, 0.6) is 0 Å². The van der Waals surface area contributed by atoms with Gasteiger partial charge >= 0.3 is 0 Å². The van der Waals surface area contributed by atoms with E-state index in [1.807, 2.05) is 0 Å². The topological polar surface area (TPSA) is 0 Å². The highest BCUT2D eigenvalue weighted by molar-refractivity contribution is 5.19. The first-order valence-corrected chi connectivity index (χ1v) is 6.04. The Hall–Kier alpha value is -1.04. The molecule has 0 aromatic heterocycles. The highest BCUT2D eigenvalue weighted by atomic mass is 14.1. The Morgan fingerprint density at radius 3 is 2.47 bits per heavy atom. The Bertz CT molecular complexity index is 271. The van der Waals surface area contributed by atoms with Crippen LogP contribution < -0.4 is 0 Å². The summed E-state index contributed by atoms with van der Waals surface area (Å²) < 4.78 is 0. The molecule has 0 amide bonds. The largest absolute Gasteiger partial charge is 0.0917 e. The summed E-state index contributed by atoms with van der Waals surface area (Å²) in [4.78, 5) is 0. The van der Waals surface area contributed by atoms with E-state index in [1.165, 1.54) is 31.2 Å². The summed E-state index contributed by atoms with van der Waals surface area (Å²) in [6.07, 6.45) is 9.48. The maximum absolute atomic E-state index is 2.27. The van der Waals surface area contributed by atoms with Crippen molar-refractivity contribution in [2.24, 2.45) is 0 Å². The van der Waals surface area contributed by atoms with Crippen LogP contribution in [0.2, 0.25) is 0 Å². The predicted octanol–water partition coefficient (Wildman–Crippen LogP) is 4.93. The third-order valence-corrected chi connectivity index (χ3v) is 2.83. The zero-order valence-electron chi connectivity index (χ0n) is 9.95. The van der Waals surface area contributed by atoms with Crippen molar-refractivity contribution < 1.29 is 0 Å². The zero-order chi connectivity index (χ0) is 10.9. The molecule has 0 spiro atoms. The van der Waals surface area contributed by atoms with Crippen LogP contribution in [0.1, 0.15) is 51.0 Å². The van der Waals surface area contributed by atoms with Crippen LogP contribution in [0.3, 0.4) is 0 Å². The lowest BCUT2D eigenvalue weighted by molar-refractivity contribution is 0.574. The van der Waals surface area contributed by atoms with Gasteiger partial charge in [0.25, 0.3) is 0 Å². The normalized spacial score (nSPS) is 13.2. The van der Waals surface area contributed by atoms with Gasteiger partial charge in [0.15, 0.2) is 0 Å². The van der Waals surface area contributed by atoms with Crippen LogP contribution >= 0.6 is 0 Å². The molecule has 0 heterocycles. The summed E-state index contributed by atoms with van der Waals surface area (Å²) >= 11 is 0. The van der Waals surface area contributed by atoms with Crippen molar-refractivity contribution in [1.82, 2.24) is 0 Å². The van der Waals surface area contributed by atoms with E-state index in [-0.39, 0.29) is 0 Å². The van der Waals surface area contributed by atoms with Crippen LogP contribution in [0, 0.1) is 0 Å². The summed E-state index contributed by atoms with van der Waals surface area (Å²) in [7, 11) is 0. The van der Waals surface area contributed by atoms with Gasteiger partial charge in [-0.05, 0) is 37.7 Å². The van der Waals surface area contributed by atoms with Crippen molar-refractivity contribution >= 4 is 0 Å². The van der Waals surface area contributed by atoms with Crippen molar-refractivity contribution in [2.75, 3.05) is 0 Å². The summed E-state index contributed by atoms with van der Waals surface area (Å²) in [6.45, 7) is 4.36. The van der Waals surface area contributed by atoms with E-state index in [1.54, 1.807) is 0 Å². The van der Waals surface area contributed by atoms with E-state index in [9.17, 15) is 0 Å². The smallest absolute Gasteiger partial charge is 0.0159 e. The number of allylic oxidation sites excluding steroid dienone is 2. The van der Waals surface area contributed by atoms with Crippen molar-refractivity contribution in [3.05, 3.63) is 48.0 Å². The molecular weight excluding hydrogens is 180 g/mol. The number of hydrogen-bond donors (Lipinski definition) is 0. The van der Waals surface area contributed by atoms with Gasteiger partial charge in [-0.3, -0.25) is 0 Å². The SMILES string of the molecule is C/C=C/CCC(CCC)c1ccccc1. The summed E-state index contributed by atoms with van der Waals surface area (Å²) in [5.41, 5.74) is 1.50. The fourth-order valence-electron chi connectivity index (χ4n) is 2.02. The van der Waals surface area contributed by atoms with Crippen LogP contribution in [0.25, 0.3) is 0 Å². The molecule has 0 aliphatic carbocycles. The molecule has 0 heteroatoms. The molecule has 0 bridgehead atoms. The van der Waals surface area contributed by atoms with Gasteiger partial charge in [0.1, 0.15) is 0 Å². The standard InChI is InChI=1S/C15H22/c1-3-5-7-11-14(10-4-2)15-12-8-6-9-13-15/h3,5-6,8-9,12-14H,4,7,10-11H2,1-2H3/b5-3+. The molecule has 1 atom stereocenters. The Morgan fingerprint density at radius 2 is 1.87 bits per heavy atom. The summed E-state index contributed by atoms with van der Waals surface area (Å²) in [5, 5.41) is 0. The van der Waals surface area contributed by atoms with Gasteiger partial charge in [-0.15, -0.1) is 0 Å². The third-order valence-electron chi connectivity index (χ3n) is 2.83. The van der Waals surface area contributed by atoms with Gasteiger partial charge < -0.3 is 0 Å². The first-order chi connectivity index (χ1) is 7.38. The van der Waals surface area contributed by atoms with Gasteiger partial charge in [-0.25, -0.2) is 0 Å². The Morgan fingerprint density at radius 1 is 1.13 bits per heavy atom. The fraction of sp³-hybridized carbons (Fsp3) is 0.467. The Kier molecular flexibility index (Phi) is 5.84. The third kappa shape index (κ3) is 4.33. The van der Waals surface area contributed by atoms with Crippen molar-refractivity contribution in [3.8, 4) is 0 Å². The van der Waals surface area contributed by atoms with Gasteiger partial charge in [-0.1, -0.05) is 55.8 Å². The molecule has 1 unspecified atom stereocenters. The minimum atomic E-state index is 0.743. The number of rotatable bonds is 6. The molecule has 15 heavy (non-hydrogen) atoms. The molecule has 0 aliphatic rings. The Balaban J connectivity index is 2.57. The van der Waals surface area contributed by atoms with Crippen LogP contribution in [-0.2, 0) is 0 Å². The second kappa shape index (κ2) is 7.28. The minimum Gasteiger partial charge on any atom is -0.0917 e. The summed E-state index contributed by atoms with van der Waals surface area (Å²) in [5.74, 6) is 0.743. The van der Waals surface area contributed by atoms with Gasteiger partial charge in [0, 0.05) is 0 Å². The van der Waals surface area contributed by atoms with Crippen LogP contribution in [-0.4, -0.2) is 0 Å². The second-order valence-corrected chi connectivity index (χ2v) is 4.04. The monoisotopic (exact) mass is 202 g/mol. The van der Waals surface area contributed by atoms with Crippen molar-refractivity contribution in [2.45, 2.75) is 45.4 Å². The molecule has 82 valence electrons. The van der Waals surface area contributed by atoms with E-state index in [0.29, 0.717) is 0 Å². The van der Waals surface area contributed by atoms with E-state index < -0.39 is 0 Å². The average molecular weight is 202 g/mol. The van der Waals surface area contributed by atoms with Crippen molar-refractivity contribution in [3.63, 3.8) is 0 Å². The van der Waals surface area contributed by atoms with Gasteiger partial charge in [-0.2, -0.15) is 0 Å². The van der Waals surface area contributed by atoms with E-state index in [2.05, 4.69) is 56.3 Å². The molecule has 0 aliphatic heterocycles. The zero-order valence-corrected chi connectivity index (χ0v) is 9.95. The molecule has 0 N–H and O–H groups in total. The quantitative estimate of drug-likeness (QED) is 0.574. The predicted molar refractivity (Wildman–Crippen MR) is 68.1 cm³/mol. The molecule has 1 aromatic rings.